The van der Waals surface area contributed by atoms with E-state index in [1.807, 2.05) is 0 Å². The summed E-state index contributed by atoms with van der Waals surface area (Å²) in [4.78, 5) is 17.1. The van der Waals surface area contributed by atoms with E-state index in [0.717, 1.165) is 62.0 Å². The van der Waals surface area contributed by atoms with Crippen molar-refractivity contribution < 1.29 is 9.90 Å². The molecule has 2 heterocycles. The molecule has 1 aromatic carbocycles. The fraction of sp³-hybridized carbons (Fsp3) is 0.500. The Morgan fingerprint density at radius 1 is 1.00 bits per heavy atom. The first-order valence-electron chi connectivity index (χ1n) is 12.4. The van der Waals surface area contributed by atoms with E-state index in [1.54, 1.807) is 0 Å². The van der Waals surface area contributed by atoms with Gasteiger partial charge in [0.2, 0.25) is 0 Å². The van der Waals surface area contributed by atoms with Crippen LogP contribution < -0.4 is 0 Å². The number of aryl methyl sites for hydroxylation is 2. The molecule has 3 aromatic rings. The molecule has 1 fully saturated rings. The van der Waals surface area contributed by atoms with Gasteiger partial charge in [-0.25, -0.2) is 4.98 Å². The zero-order valence-corrected chi connectivity index (χ0v) is 19.1. The molecule has 2 aromatic heterocycles. The lowest BCUT2D eigenvalue weighted by Gasteiger charge is -2.23. The van der Waals surface area contributed by atoms with E-state index < -0.39 is 5.97 Å². The van der Waals surface area contributed by atoms with Crippen molar-refractivity contribution in [3.8, 4) is 0 Å². The van der Waals surface area contributed by atoms with Crippen LogP contribution in [0.25, 0.3) is 11.0 Å². The predicted octanol–water partition coefficient (Wildman–Crippen LogP) is 6.41. The van der Waals surface area contributed by atoms with Gasteiger partial charge in [0.15, 0.2) is 0 Å². The van der Waals surface area contributed by atoms with Crippen LogP contribution in [0.4, 0.5) is 0 Å². The first-order chi connectivity index (χ1) is 15.6. The second kappa shape index (κ2) is 9.09. The van der Waals surface area contributed by atoms with Crippen LogP contribution in [0.5, 0.6) is 0 Å². The number of hydrogen-bond donors (Lipinski definition) is 1. The van der Waals surface area contributed by atoms with Crippen LogP contribution in [0.1, 0.15) is 85.4 Å². The van der Waals surface area contributed by atoms with Crippen molar-refractivity contribution in [3.05, 3.63) is 64.5 Å². The first-order valence-corrected chi connectivity index (χ1v) is 12.4. The zero-order chi connectivity index (χ0) is 22.1. The third kappa shape index (κ3) is 4.07. The second-order valence-electron chi connectivity index (χ2n) is 9.85. The zero-order valence-electron chi connectivity index (χ0n) is 19.1. The number of rotatable bonds is 5. The Morgan fingerprint density at radius 2 is 1.72 bits per heavy atom. The van der Waals surface area contributed by atoms with Crippen molar-refractivity contribution in [2.45, 2.75) is 83.6 Å². The molecule has 4 nitrogen and oxygen atoms in total. The third-order valence-corrected chi connectivity index (χ3v) is 7.68. The largest absolute Gasteiger partial charge is 0.481 e. The summed E-state index contributed by atoms with van der Waals surface area (Å²) < 4.78 is 2.41. The Kier molecular flexibility index (Phi) is 6.03. The lowest BCUT2D eigenvalue weighted by Crippen LogP contribution is -2.21. The molecule has 2 aliphatic rings. The monoisotopic (exact) mass is 430 g/mol. The minimum Gasteiger partial charge on any atom is -0.481 e. The van der Waals surface area contributed by atoms with Crippen molar-refractivity contribution >= 4 is 17.0 Å². The van der Waals surface area contributed by atoms with Crippen molar-refractivity contribution in [2.75, 3.05) is 0 Å². The van der Waals surface area contributed by atoms with E-state index >= 15 is 0 Å². The number of nitrogens with zero attached hydrogens (tertiary/aromatic N) is 2. The number of hydrogen-bond acceptors (Lipinski definition) is 2. The highest BCUT2D eigenvalue weighted by atomic mass is 16.4. The van der Waals surface area contributed by atoms with Crippen LogP contribution in [0.2, 0.25) is 0 Å². The highest BCUT2D eigenvalue weighted by Gasteiger charge is 2.30. The number of carbonyl (C=O) groups is 1. The van der Waals surface area contributed by atoms with Gasteiger partial charge in [0.05, 0.1) is 5.92 Å². The fourth-order valence-electron chi connectivity index (χ4n) is 6.03. The highest BCUT2D eigenvalue weighted by Crippen LogP contribution is 2.36. The van der Waals surface area contributed by atoms with E-state index in [0.29, 0.717) is 0 Å². The van der Waals surface area contributed by atoms with Gasteiger partial charge < -0.3 is 9.67 Å². The van der Waals surface area contributed by atoms with Gasteiger partial charge in [-0.15, -0.1) is 0 Å². The molecule has 4 heteroatoms. The highest BCUT2D eigenvalue weighted by molar-refractivity contribution is 5.83. The van der Waals surface area contributed by atoms with E-state index in [1.165, 1.54) is 47.9 Å². The number of pyridine rings is 1. The van der Waals surface area contributed by atoms with Gasteiger partial charge >= 0.3 is 5.97 Å². The molecular weight excluding hydrogens is 396 g/mol. The normalized spacial score (nSPS) is 18.3. The SMILES string of the molecule is Cc1ccc2c3c(n(Cc4ccc(C(C(=O)O)C5CCCCCC5)cc4)c2n1)CCCC3. The van der Waals surface area contributed by atoms with Crippen LogP contribution in [-0.4, -0.2) is 20.6 Å². The lowest BCUT2D eigenvalue weighted by molar-refractivity contribution is -0.140. The van der Waals surface area contributed by atoms with Gasteiger partial charge in [0.1, 0.15) is 5.65 Å². The van der Waals surface area contributed by atoms with Crippen LogP contribution in [0, 0.1) is 12.8 Å². The van der Waals surface area contributed by atoms with Crippen LogP contribution in [0.15, 0.2) is 36.4 Å². The molecule has 1 saturated carbocycles. The maximum absolute atomic E-state index is 12.2. The smallest absolute Gasteiger partial charge is 0.311 e. The van der Waals surface area contributed by atoms with Crippen LogP contribution >= 0.6 is 0 Å². The molecule has 32 heavy (non-hydrogen) atoms. The summed E-state index contributed by atoms with van der Waals surface area (Å²) in [5.74, 6) is -0.796. The molecule has 0 aliphatic heterocycles. The molecule has 2 aliphatic carbocycles. The topological polar surface area (TPSA) is 55.1 Å². The van der Waals surface area contributed by atoms with Gasteiger partial charge in [-0.1, -0.05) is 49.9 Å². The average Bonchev–Trinajstić information content (AvgIpc) is 2.94. The quantitative estimate of drug-likeness (QED) is 0.476. The number of fused-ring (bicyclic) bond motifs is 3. The summed E-state index contributed by atoms with van der Waals surface area (Å²) in [7, 11) is 0. The predicted molar refractivity (Wildman–Crippen MR) is 128 cm³/mol. The second-order valence-corrected chi connectivity index (χ2v) is 9.85. The van der Waals surface area contributed by atoms with E-state index in [4.69, 9.17) is 4.98 Å². The minimum absolute atomic E-state index is 0.258. The van der Waals surface area contributed by atoms with Crippen molar-refractivity contribution in [1.82, 2.24) is 9.55 Å². The van der Waals surface area contributed by atoms with E-state index in [9.17, 15) is 9.90 Å². The van der Waals surface area contributed by atoms with Crippen molar-refractivity contribution in [3.63, 3.8) is 0 Å². The van der Waals surface area contributed by atoms with Gasteiger partial charge in [-0.05, 0) is 80.2 Å². The van der Waals surface area contributed by atoms with E-state index in [2.05, 4.69) is 47.9 Å². The molecule has 1 atom stereocenters. The number of aliphatic carboxylic acids is 1. The molecule has 0 saturated heterocycles. The molecule has 168 valence electrons. The standard InChI is InChI=1S/C28H34N2O2/c1-19-12-17-24-23-10-6-7-11-25(23)30(27(24)29-19)18-20-13-15-22(16-14-20)26(28(31)32)21-8-4-2-3-5-9-21/h12-17,21,26H,2-11,18H2,1H3,(H,31,32). The Hall–Kier alpha value is -2.62. The molecule has 0 spiro atoms. The lowest BCUT2D eigenvalue weighted by atomic mass is 9.81. The summed E-state index contributed by atoms with van der Waals surface area (Å²) in [6, 6.07) is 12.8. The van der Waals surface area contributed by atoms with Crippen molar-refractivity contribution in [2.24, 2.45) is 5.92 Å². The number of aromatic nitrogens is 2. The molecule has 1 N–H and O–H groups in total. The third-order valence-electron chi connectivity index (χ3n) is 7.68. The maximum atomic E-state index is 12.2. The minimum atomic E-state index is -0.671. The summed E-state index contributed by atoms with van der Waals surface area (Å²) in [5, 5.41) is 11.3. The Bertz CT molecular complexity index is 1100. The molecule has 0 amide bonds. The average molecular weight is 431 g/mol. The van der Waals surface area contributed by atoms with Gasteiger partial charge in [0, 0.05) is 23.3 Å². The van der Waals surface area contributed by atoms with Crippen molar-refractivity contribution in [1.29, 1.82) is 0 Å². The van der Waals surface area contributed by atoms with Gasteiger partial charge in [-0.3, -0.25) is 4.79 Å². The van der Waals surface area contributed by atoms with Crippen LogP contribution in [0.3, 0.4) is 0 Å². The summed E-state index contributed by atoms with van der Waals surface area (Å²) in [6.07, 6.45) is 11.6. The number of carboxylic acid groups (broad SMARTS) is 1. The van der Waals surface area contributed by atoms with E-state index in [-0.39, 0.29) is 11.8 Å². The Labute approximate surface area is 190 Å². The molecule has 0 radical (unpaired) electrons. The van der Waals surface area contributed by atoms with Gasteiger partial charge in [-0.2, -0.15) is 0 Å². The number of benzene rings is 1. The molecule has 5 rings (SSSR count). The molecule has 1 unspecified atom stereocenters. The van der Waals surface area contributed by atoms with Crippen LogP contribution in [-0.2, 0) is 24.2 Å². The summed E-state index contributed by atoms with van der Waals surface area (Å²) >= 11 is 0. The first kappa shape index (κ1) is 21.2. The fourth-order valence-corrected chi connectivity index (χ4v) is 6.03. The number of carboxylic acids is 1. The summed E-state index contributed by atoms with van der Waals surface area (Å²) in [5.41, 5.74) is 7.25. The Balaban J connectivity index is 1.44. The molecular formula is C28H34N2O2. The van der Waals surface area contributed by atoms with Gasteiger partial charge in [0.25, 0.3) is 0 Å². The summed E-state index contributed by atoms with van der Waals surface area (Å²) in [6.45, 7) is 2.85. The molecule has 0 bridgehead atoms. The Morgan fingerprint density at radius 3 is 2.44 bits per heavy atom. The maximum Gasteiger partial charge on any atom is 0.311 e.